The monoisotopic (exact) mass is 2090 g/mol. The first-order chi connectivity index (χ1) is 68.5. The summed E-state index contributed by atoms with van der Waals surface area (Å²) in [6.07, 6.45) is -1.79. The van der Waals surface area contributed by atoms with E-state index in [0.29, 0.717) is 108 Å². The second-order valence-electron chi connectivity index (χ2n) is 29.0. The first-order valence-electron chi connectivity index (χ1n) is 41.0. The average Bonchev–Trinajstić information content (AvgIpc) is 0.746. The van der Waals surface area contributed by atoms with Gasteiger partial charge >= 0.3 is 17.1 Å². The molecule has 8 heterocycles. The maximum absolute atomic E-state index is 13.0. The van der Waals surface area contributed by atoms with Crippen LogP contribution in [-0.2, 0) is 14.1 Å². The number of carbonyl (C=O) groups is 2. The average molecular weight is 2100 g/mol. The first-order valence-corrected chi connectivity index (χ1v) is 46.2. The highest BCUT2D eigenvalue weighted by molar-refractivity contribution is 8.24. The van der Waals surface area contributed by atoms with E-state index in [1.165, 1.54) is 149 Å². The van der Waals surface area contributed by atoms with Crippen molar-refractivity contribution in [2.45, 2.75) is 61.2 Å². The molecule has 0 radical (unpaired) electrons. The number of halogens is 5. The van der Waals surface area contributed by atoms with Gasteiger partial charge in [0.15, 0.2) is 6.29 Å². The number of hydrogen-bond acceptors (Lipinski definition) is 37. The van der Waals surface area contributed by atoms with Crippen molar-refractivity contribution in [3.05, 3.63) is 378 Å². The molecule has 0 spiro atoms. The minimum atomic E-state index is -3.22. The van der Waals surface area contributed by atoms with Crippen LogP contribution in [0.4, 0.5) is 80.0 Å². The Labute approximate surface area is 847 Å². The van der Waals surface area contributed by atoms with Gasteiger partial charge in [-0.1, -0.05) is 23.2 Å². The number of nitrogens with zero attached hydrogens (tertiary/aromatic N) is 20. The second-order valence-corrected chi connectivity index (χ2v) is 36.3. The number of aryl methyl sites for hydroxylation is 6. The molecule has 0 bridgehead atoms. The lowest BCUT2D eigenvalue weighted by molar-refractivity contribution is -0.385. The molecular formula is C93H83Cl5N25O21P. The molecule has 0 saturated carbocycles. The molecule has 9 N–H and O–H groups in total. The number of nitriles is 5. The topological polar surface area (TPSA) is 698 Å². The molecule has 145 heavy (non-hydrogen) atoms. The van der Waals surface area contributed by atoms with Crippen LogP contribution in [0.2, 0.25) is 10.2 Å². The van der Waals surface area contributed by atoms with E-state index in [1.54, 1.807) is 132 Å². The van der Waals surface area contributed by atoms with Crippen LogP contribution >= 0.6 is 62.1 Å². The number of fused-ring (bicyclic) bond motifs is 2. The predicted molar refractivity (Wildman–Crippen MR) is 544 cm³/mol. The van der Waals surface area contributed by atoms with E-state index in [4.69, 9.17) is 49.8 Å². The van der Waals surface area contributed by atoms with Gasteiger partial charge in [0.25, 0.3) is 45.2 Å². The molecule has 746 valence electrons. The van der Waals surface area contributed by atoms with Crippen LogP contribution in [0.5, 0.6) is 0 Å². The summed E-state index contributed by atoms with van der Waals surface area (Å²) in [5.74, 6) is -0.603. The fourth-order valence-electron chi connectivity index (χ4n) is 11.6. The fourth-order valence-corrected chi connectivity index (χ4v) is 12.1. The van der Waals surface area contributed by atoms with Crippen LogP contribution in [0.1, 0.15) is 92.0 Å². The number of nitrogens with two attached hydrogens (primary N) is 1. The largest absolute Gasteiger partial charge is 0.478 e. The zero-order chi connectivity index (χ0) is 108. The lowest BCUT2D eigenvalue weighted by Crippen LogP contribution is -2.26. The number of rotatable bonds is 19. The Morgan fingerprint density at radius 3 is 1.14 bits per heavy atom. The van der Waals surface area contributed by atoms with E-state index in [9.17, 15) is 105 Å². The van der Waals surface area contributed by atoms with Crippen LogP contribution in [0.25, 0.3) is 33.4 Å². The van der Waals surface area contributed by atoms with E-state index >= 15 is 0 Å². The van der Waals surface area contributed by atoms with Gasteiger partial charge in [0, 0.05) is 155 Å². The Hall–Kier alpha value is -18.0. The van der Waals surface area contributed by atoms with Gasteiger partial charge in [0.2, 0.25) is 0 Å². The van der Waals surface area contributed by atoms with Crippen molar-refractivity contribution in [2.24, 2.45) is 0 Å². The third kappa shape index (κ3) is 36.6. The number of nitrogens with one attached hydrogen (secondary N) is 4. The number of aromatic nitrogens is 8. The molecule has 46 nitrogen and oxygen atoms in total. The van der Waals surface area contributed by atoms with Crippen LogP contribution in [0.15, 0.2) is 228 Å². The molecule has 0 aliphatic rings. The second kappa shape index (κ2) is 56.9. The standard InChI is InChI=1S/C18H15N5O3.C16H9ClN4O3.C13H10N4O2.C13H13N3O4.C13H11N3O4.C7H5ClN2.C6H6N2O2.C5H7NO2.C2H7N.Cl3OP/c1-11-4-9-14-16(21(2)3)15(10-19)18(24)22(17(14)20-11)12-5-7-13(8-6-12)23(25)26;1-9-2-7-12-14(17)13(8-18)16(22)20(15(12)19-9)10-3-5-11(6-4-10)21(23)24;1-9-2-3-10(8-14)13(15-9)16-11-4-6-12(7-5-11)17(18)19;2*1-8-2-7-11(13(17)18)12(14-8)15-9-3-5-10(6-4-9)16(19)20;1-5-2-3-6(4-9)7(8)10-5;7-5-1-3-6(4-2-5)8(9)10;1-2-8-5(7)3-4-6;1-3-2;1-5(2,3)4/h4-9H,1-3H3;2-7H,1H3;2-7H,1H3,(H,15,16);2-7,13,17-18H,1H3,(H,14,15);2-7H,1H3,(H,14,15)(H,17,18);2-3H,1H3;1-4H,7H2;2-3H2,1H3;3H,1-2H3;. The Kier molecular flexibility index (Phi) is 46.1. The van der Waals surface area contributed by atoms with Gasteiger partial charge in [-0.15, -0.1) is 0 Å². The van der Waals surface area contributed by atoms with Gasteiger partial charge in [-0.05, 0) is 242 Å². The number of nitro benzene ring substituents is 6. The molecule has 0 aliphatic heterocycles. The number of aliphatic hydroxyl groups excluding tert-OH is 1. The number of non-ortho nitro benzene ring substituents is 6. The van der Waals surface area contributed by atoms with Crippen molar-refractivity contribution in [2.75, 3.05) is 61.4 Å². The van der Waals surface area contributed by atoms with Crippen LogP contribution < -0.4 is 43.0 Å². The van der Waals surface area contributed by atoms with Gasteiger partial charge in [-0.2, -0.15) is 26.3 Å². The number of nitro groups is 6. The maximum atomic E-state index is 13.0. The molecule has 0 aliphatic carbocycles. The molecule has 14 rings (SSSR count). The van der Waals surface area contributed by atoms with Crippen LogP contribution in [0, 0.1) is 159 Å². The van der Waals surface area contributed by atoms with E-state index in [-0.39, 0.29) is 84.4 Å². The summed E-state index contributed by atoms with van der Waals surface area (Å²) in [5.41, 5.74) is 13.5. The normalized spacial score (nSPS) is 9.94. The Morgan fingerprint density at radius 2 is 0.779 bits per heavy atom. The van der Waals surface area contributed by atoms with E-state index in [2.05, 4.69) is 89.6 Å². The molecular weight excluding hydrogens is 2010 g/mol. The predicted octanol–water partition coefficient (Wildman–Crippen LogP) is 19.5. The number of hydrogen-bond donors (Lipinski definition) is 8. The maximum Gasteiger partial charge on any atom is 0.339 e. The SMILES string of the molecule is CCOC(=O)CC#N.CNC.Cc1ccc(C#N)c(Cl)n1.Cc1ccc(C#N)c(Nc2ccc([N+](=O)[O-])cc2)n1.Cc1ccc(C(=O)O)c(Nc2ccc([N+](=O)[O-])cc2)n1.Cc1ccc(C(O)O)c(Nc2ccc([N+](=O)[O-])cc2)n1.Cc1ccc2c(Cl)c(C#N)c(=O)n(-c3ccc([N+](=O)[O-])cc3)c2n1.Cc1ccc2c(N(C)C)c(C#N)c(=O)n(-c3ccc([N+](=O)[O-])cc3)c2n1.Nc1ccc([N+](=O)[O-])cc1.O=P(Cl)(Cl)Cl. The number of esters is 1. The number of aromatic carboxylic acids is 1. The smallest absolute Gasteiger partial charge is 0.339 e. The molecule has 0 atom stereocenters. The summed E-state index contributed by atoms with van der Waals surface area (Å²) >= 11 is 25.6. The number of pyridine rings is 8. The van der Waals surface area contributed by atoms with Crippen molar-refractivity contribution >= 4 is 176 Å². The van der Waals surface area contributed by atoms with Crippen LogP contribution in [0.3, 0.4) is 0 Å². The first kappa shape index (κ1) is 117. The number of ether oxygens (including phenoxy) is 1. The minimum Gasteiger partial charge on any atom is -0.478 e. The van der Waals surface area contributed by atoms with Crippen molar-refractivity contribution < 1.29 is 63.8 Å². The lowest BCUT2D eigenvalue weighted by Gasteiger charge is -2.19. The molecule has 8 aromatic heterocycles. The van der Waals surface area contributed by atoms with Crippen molar-refractivity contribution in [1.29, 1.82) is 26.3 Å². The number of carboxylic acids is 1. The fraction of sp³-hybridized carbons (Fsp3) is 0.151. The van der Waals surface area contributed by atoms with Crippen molar-refractivity contribution in [3.8, 4) is 41.7 Å². The third-order valence-corrected chi connectivity index (χ3v) is 18.8. The Bertz CT molecular complexity index is 7460. The Morgan fingerprint density at radius 1 is 0.462 bits per heavy atom. The number of benzene rings is 6. The quantitative estimate of drug-likeness (QED) is 0.00709. The molecule has 0 saturated heterocycles. The summed E-state index contributed by atoms with van der Waals surface area (Å²) in [6.45, 7) is 12.8. The molecule has 0 unspecified atom stereocenters. The Balaban J connectivity index is 0.000000295. The highest BCUT2D eigenvalue weighted by atomic mass is 36.0. The minimum absolute atomic E-state index is 0.00786. The van der Waals surface area contributed by atoms with E-state index < -0.39 is 64.1 Å². The number of nitrogen functional groups attached to an aromatic ring is 1. The number of anilines is 8. The van der Waals surface area contributed by atoms with Gasteiger partial charge in [0.05, 0.1) is 81.0 Å². The molecule has 14 aromatic rings. The van der Waals surface area contributed by atoms with E-state index in [0.717, 1.165) is 11.4 Å². The highest BCUT2D eigenvalue weighted by Crippen LogP contribution is 2.61. The lowest BCUT2D eigenvalue weighted by atomic mass is 10.1. The number of carbonyl (C=O) groups excluding carboxylic acids is 1. The summed E-state index contributed by atoms with van der Waals surface area (Å²) in [7, 11) is 7.26. The molecule has 0 fully saturated rings. The number of aliphatic hydroxyl groups is 2. The molecule has 6 aromatic carbocycles. The van der Waals surface area contributed by atoms with Crippen molar-refractivity contribution in [3.63, 3.8) is 0 Å². The summed E-state index contributed by atoms with van der Waals surface area (Å²) in [4.78, 5) is 134. The van der Waals surface area contributed by atoms with Gasteiger partial charge in [-0.25, -0.2) is 34.7 Å². The summed E-state index contributed by atoms with van der Waals surface area (Å²) < 4.78 is 16.5. The number of carboxylic acid groups (broad SMARTS) is 1. The van der Waals surface area contributed by atoms with Gasteiger partial charge in [-0.3, -0.25) is 88.8 Å². The third-order valence-electron chi connectivity index (χ3n) is 18.1. The molecule has 52 heteroatoms. The summed E-state index contributed by atoms with van der Waals surface area (Å²) in [6, 6.07) is 63.6. The summed E-state index contributed by atoms with van der Waals surface area (Å²) in [5, 5.41) is 145. The van der Waals surface area contributed by atoms with Gasteiger partial charge in [0.1, 0.15) is 81.3 Å². The van der Waals surface area contributed by atoms with Gasteiger partial charge < -0.3 is 52.0 Å². The van der Waals surface area contributed by atoms with Crippen LogP contribution in [-0.4, -0.2) is 131 Å². The highest BCUT2D eigenvalue weighted by Gasteiger charge is 2.24. The zero-order valence-corrected chi connectivity index (χ0v) is 82.5. The molecule has 0 amide bonds. The van der Waals surface area contributed by atoms with E-state index in [1.807, 2.05) is 58.3 Å². The van der Waals surface area contributed by atoms with Crippen molar-refractivity contribution in [1.82, 2.24) is 44.4 Å². The zero-order valence-electron chi connectivity index (χ0n) is 77.8.